The topological polar surface area (TPSA) is 54.3 Å². The molecule has 4 heteroatoms. The molecule has 0 aromatic carbocycles. The maximum atomic E-state index is 11.8. The van der Waals surface area contributed by atoms with Gasteiger partial charge in [-0.05, 0) is 50.4 Å². The normalized spacial score (nSPS) is 19.7. The molecule has 4 nitrogen and oxygen atoms in total. The third-order valence-corrected chi connectivity index (χ3v) is 3.47. The van der Waals surface area contributed by atoms with E-state index in [1.54, 1.807) is 6.07 Å². The SMILES string of the molecule is CCc1ccc(C(=O)NCCC2CCCNC2)o1. The molecular formula is C14H22N2O2. The van der Waals surface area contributed by atoms with Crippen molar-refractivity contribution in [3.05, 3.63) is 23.7 Å². The number of nitrogens with one attached hydrogen (secondary N) is 2. The number of hydrogen-bond donors (Lipinski definition) is 2. The standard InChI is InChI=1S/C14H22N2O2/c1-2-12-5-6-13(18-12)14(17)16-9-7-11-4-3-8-15-10-11/h5-6,11,15H,2-4,7-10H2,1H3,(H,16,17). The van der Waals surface area contributed by atoms with E-state index in [1.165, 1.54) is 12.8 Å². The minimum absolute atomic E-state index is 0.0986. The van der Waals surface area contributed by atoms with Crippen LogP contribution in [0.25, 0.3) is 0 Å². The zero-order chi connectivity index (χ0) is 12.8. The van der Waals surface area contributed by atoms with Crippen LogP contribution in [0.3, 0.4) is 0 Å². The molecule has 2 rings (SSSR count). The Bertz CT molecular complexity index is 381. The van der Waals surface area contributed by atoms with Gasteiger partial charge in [0, 0.05) is 13.0 Å². The van der Waals surface area contributed by atoms with Gasteiger partial charge in [-0.25, -0.2) is 0 Å². The summed E-state index contributed by atoms with van der Waals surface area (Å²) in [5.74, 6) is 1.88. The van der Waals surface area contributed by atoms with Crippen molar-refractivity contribution in [3.63, 3.8) is 0 Å². The monoisotopic (exact) mass is 250 g/mol. The zero-order valence-corrected chi connectivity index (χ0v) is 11.0. The molecule has 1 aromatic heterocycles. The van der Waals surface area contributed by atoms with Crippen LogP contribution < -0.4 is 10.6 Å². The van der Waals surface area contributed by atoms with E-state index in [0.29, 0.717) is 11.7 Å². The molecule has 0 saturated carbocycles. The summed E-state index contributed by atoms with van der Waals surface area (Å²) in [4.78, 5) is 11.8. The lowest BCUT2D eigenvalue weighted by Crippen LogP contribution is -2.33. The van der Waals surface area contributed by atoms with Crippen molar-refractivity contribution in [2.75, 3.05) is 19.6 Å². The van der Waals surface area contributed by atoms with Crippen LogP contribution in [0.2, 0.25) is 0 Å². The van der Waals surface area contributed by atoms with Crippen LogP contribution in [-0.2, 0) is 6.42 Å². The van der Waals surface area contributed by atoms with Gasteiger partial charge in [0.05, 0.1) is 0 Å². The Hall–Kier alpha value is -1.29. The first kappa shape index (κ1) is 13.1. The highest BCUT2D eigenvalue weighted by atomic mass is 16.3. The number of piperidine rings is 1. The van der Waals surface area contributed by atoms with Crippen LogP contribution in [-0.4, -0.2) is 25.5 Å². The summed E-state index contributed by atoms with van der Waals surface area (Å²) in [5, 5.41) is 6.31. The van der Waals surface area contributed by atoms with Crippen molar-refractivity contribution in [1.29, 1.82) is 0 Å². The van der Waals surface area contributed by atoms with Crippen molar-refractivity contribution < 1.29 is 9.21 Å². The molecule has 1 amide bonds. The maximum absolute atomic E-state index is 11.8. The van der Waals surface area contributed by atoms with E-state index in [2.05, 4.69) is 10.6 Å². The van der Waals surface area contributed by atoms with E-state index in [-0.39, 0.29) is 5.91 Å². The fourth-order valence-corrected chi connectivity index (χ4v) is 2.34. The molecule has 18 heavy (non-hydrogen) atoms. The smallest absolute Gasteiger partial charge is 0.286 e. The molecule has 1 fully saturated rings. The number of furan rings is 1. The van der Waals surface area contributed by atoms with Gasteiger partial charge in [0.1, 0.15) is 5.76 Å². The Balaban J connectivity index is 1.70. The predicted octanol–water partition coefficient (Wildman–Crippen LogP) is 1.96. The summed E-state index contributed by atoms with van der Waals surface area (Å²) >= 11 is 0. The molecule has 0 aliphatic carbocycles. The van der Waals surface area contributed by atoms with Crippen LogP contribution in [0.1, 0.15) is 42.5 Å². The van der Waals surface area contributed by atoms with Gasteiger partial charge < -0.3 is 15.1 Å². The largest absolute Gasteiger partial charge is 0.456 e. The molecule has 0 bridgehead atoms. The number of carbonyl (C=O) groups excluding carboxylic acids is 1. The van der Waals surface area contributed by atoms with E-state index < -0.39 is 0 Å². The van der Waals surface area contributed by atoms with Gasteiger partial charge in [0.2, 0.25) is 0 Å². The second kappa shape index (κ2) is 6.59. The van der Waals surface area contributed by atoms with Crippen LogP contribution in [0.15, 0.2) is 16.5 Å². The fraction of sp³-hybridized carbons (Fsp3) is 0.643. The molecule has 1 aromatic rings. The van der Waals surface area contributed by atoms with E-state index in [1.807, 2.05) is 13.0 Å². The van der Waals surface area contributed by atoms with Crippen molar-refractivity contribution >= 4 is 5.91 Å². The Kier molecular flexibility index (Phi) is 4.81. The number of carbonyl (C=O) groups is 1. The first-order valence-corrected chi connectivity index (χ1v) is 6.87. The fourth-order valence-electron chi connectivity index (χ4n) is 2.34. The highest BCUT2D eigenvalue weighted by Gasteiger charge is 2.14. The number of amides is 1. The Morgan fingerprint density at radius 2 is 2.44 bits per heavy atom. The molecule has 0 radical (unpaired) electrons. The lowest BCUT2D eigenvalue weighted by molar-refractivity contribution is 0.0921. The van der Waals surface area contributed by atoms with Crippen LogP contribution in [0, 0.1) is 5.92 Å². The highest BCUT2D eigenvalue weighted by molar-refractivity contribution is 5.91. The van der Waals surface area contributed by atoms with Crippen molar-refractivity contribution in [2.24, 2.45) is 5.92 Å². The van der Waals surface area contributed by atoms with E-state index in [0.717, 1.165) is 38.2 Å². The second-order valence-corrected chi connectivity index (χ2v) is 4.88. The van der Waals surface area contributed by atoms with Crippen molar-refractivity contribution in [3.8, 4) is 0 Å². The summed E-state index contributed by atoms with van der Waals surface area (Å²) in [5.41, 5.74) is 0. The number of aryl methyl sites for hydroxylation is 1. The lowest BCUT2D eigenvalue weighted by atomic mass is 9.96. The molecule has 2 heterocycles. The summed E-state index contributed by atoms with van der Waals surface area (Å²) in [6, 6.07) is 3.61. The lowest BCUT2D eigenvalue weighted by Gasteiger charge is -2.22. The molecule has 1 aliphatic rings. The third-order valence-electron chi connectivity index (χ3n) is 3.47. The minimum Gasteiger partial charge on any atom is -0.456 e. The quantitative estimate of drug-likeness (QED) is 0.840. The second-order valence-electron chi connectivity index (χ2n) is 4.88. The van der Waals surface area contributed by atoms with Crippen molar-refractivity contribution in [2.45, 2.75) is 32.6 Å². The molecule has 2 N–H and O–H groups in total. The average Bonchev–Trinajstić information content (AvgIpc) is 2.89. The predicted molar refractivity (Wildman–Crippen MR) is 70.6 cm³/mol. The van der Waals surface area contributed by atoms with Gasteiger partial charge >= 0.3 is 0 Å². The van der Waals surface area contributed by atoms with E-state index >= 15 is 0 Å². The average molecular weight is 250 g/mol. The van der Waals surface area contributed by atoms with Crippen molar-refractivity contribution in [1.82, 2.24) is 10.6 Å². The van der Waals surface area contributed by atoms with Gasteiger partial charge in [-0.15, -0.1) is 0 Å². The molecular weight excluding hydrogens is 228 g/mol. The molecule has 0 spiro atoms. The van der Waals surface area contributed by atoms with E-state index in [4.69, 9.17) is 4.42 Å². The molecule has 1 atom stereocenters. The molecule has 1 unspecified atom stereocenters. The third kappa shape index (κ3) is 3.60. The summed E-state index contributed by atoms with van der Waals surface area (Å²) < 4.78 is 5.41. The van der Waals surface area contributed by atoms with Gasteiger partial charge in [-0.2, -0.15) is 0 Å². The van der Waals surface area contributed by atoms with Crippen LogP contribution in [0.5, 0.6) is 0 Å². The molecule has 1 saturated heterocycles. The number of rotatable bonds is 5. The van der Waals surface area contributed by atoms with Gasteiger partial charge in [0.25, 0.3) is 5.91 Å². The van der Waals surface area contributed by atoms with Gasteiger partial charge in [0.15, 0.2) is 5.76 Å². The summed E-state index contributed by atoms with van der Waals surface area (Å²) in [7, 11) is 0. The van der Waals surface area contributed by atoms with E-state index in [9.17, 15) is 4.79 Å². The number of hydrogen-bond acceptors (Lipinski definition) is 3. The summed E-state index contributed by atoms with van der Waals surface area (Å²) in [6.45, 7) is 4.95. The van der Waals surface area contributed by atoms with Gasteiger partial charge in [-0.3, -0.25) is 4.79 Å². The van der Waals surface area contributed by atoms with Gasteiger partial charge in [-0.1, -0.05) is 6.92 Å². The first-order chi connectivity index (χ1) is 8.79. The Morgan fingerprint density at radius 3 is 3.11 bits per heavy atom. The van der Waals surface area contributed by atoms with Crippen LogP contribution in [0.4, 0.5) is 0 Å². The first-order valence-electron chi connectivity index (χ1n) is 6.87. The highest BCUT2D eigenvalue weighted by Crippen LogP contribution is 2.13. The Labute approximate surface area is 108 Å². The maximum Gasteiger partial charge on any atom is 0.286 e. The summed E-state index contributed by atoms with van der Waals surface area (Å²) in [6.07, 6.45) is 4.38. The van der Waals surface area contributed by atoms with Crippen LogP contribution >= 0.6 is 0 Å². The molecule has 1 aliphatic heterocycles. The Morgan fingerprint density at radius 1 is 1.56 bits per heavy atom. The zero-order valence-electron chi connectivity index (χ0n) is 11.0. The minimum atomic E-state index is -0.0986. The molecule has 100 valence electrons.